The van der Waals surface area contributed by atoms with Crippen LogP contribution in [0.25, 0.3) is 10.8 Å². The van der Waals surface area contributed by atoms with Gasteiger partial charge in [-0.05, 0) is 10.8 Å². The van der Waals surface area contributed by atoms with Gasteiger partial charge in [0, 0.05) is 0 Å². The minimum absolute atomic E-state index is 0. The van der Waals surface area contributed by atoms with Crippen molar-refractivity contribution in [1.29, 1.82) is 0 Å². The van der Waals surface area contributed by atoms with Gasteiger partial charge in [-0.3, -0.25) is 0 Å². The van der Waals surface area contributed by atoms with Crippen molar-refractivity contribution in [3.05, 3.63) is 48.5 Å². The van der Waals surface area contributed by atoms with Crippen molar-refractivity contribution in [2.75, 3.05) is 0 Å². The standard InChI is InChI=1S/C10H8.ClH.Na/c1-2-6-10-8-4-3-7-9(10)5-1;;/h1-8H;1H;/q;;+1/p-1. The molecule has 0 unspecified atom stereocenters. The molecule has 0 aromatic heterocycles. The summed E-state index contributed by atoms with van der Waals surface area (Å²) >= 11 is 0. The first-order valence-electron chi connectivity index (χ1n) is 3.40. The normalized spacial score (nSPS) is 8.33. The molecular weight excluding hydrogens is 179 g/mol. The quantitative estimate of drug-likeness (QED) is 0.382. The van der Waals surface area contributed by atoms with Crippen LogP contribution in [-0.2, 0) is 0 Å². The van der Waals surface area contributed by atoms with Crippen LogP contribution in [-0.4, -0.2) is 0 Å². The summed E-state index contributed by atoms with van der Waals surface area (Å²) in [4.78, 5) is 0. The fourth-order valence-electron chi connectivity index (χ4n) is 1.13. The summed E-state index contributed by atoms with van der Waals surface area (Å²) in [5.41, 5.74) is 0. The largest absolute Gasteiger partial charge is 1.00 e. The van der Waals surface area contributed by atoms with E-state index in [1.165, 1.54) is 10.8 Å². The third-order valence-corrected chi connectivity index (χ3v) is 1.66. The molecular formula is C10H8ClNa. The molecule has 0 aliphatic carbocycles. The number of hydrogen-bond donors (Lipinski definition) is 0. The predicted molar refractivity (Wildman–Crippen MR) is 43.9 cm³/mol. The second-order valence-electron chi connectivity index (χ2n) is 2.35. The van der Waals surface area contributed by atoms with Gasteiger partial charge in [-0.2, -0.15) is 0 Å². The molecule has 12 heavy (non-hydrogen) atoms. The van der Waals surface area contributed by atoms with Gasteiger partial charge in [0.05, 0.1) is 0 Å². The van der Waals surface area contributed by atoms with Crippen LogP contribution in [0.2, 0.25) is 0 Å². The van der Waals surface area contributed by atoms with Crippen LogP contribution in [0.4, 0.5) is 0 Å². The molecule has 56 valence electrons. The number of hydrogen-bond acceptors (Lipinski definition) is 0. The van der Waals surface area contributed by atoms with Crippen molar-refractivity contribution in [3.63, 3.8) is 0 Å². The van der Waals surface area contributed by atoms with Gasteiger partial charge in [-0.25, -0.2) is 0 Å². The van der Waals surface area contributed by atoms with E-state index in [0.29, 0.717) is 0 Å². The van der Waals surface area contributed by atoms with Gasteiger partial charge in [0.15, 0.2) is 0 Å². The molecule has 2 aromatic rings. The Balaban J connectivity index is 0.000000605. The van der Waals surface area contributed by atoms with Crippen LogP contribution in [0, 0.1) is 0 Å². The van der Waals surface area contributed by atoms with Crippen molar-refractivity contribution < 1.29 is 42.0 Å². The van der Waals surface area contributed by atoms with E-state index >= 15 is 0 Å². The summed E-state index contributed by atoms with van der Waals surface area (Å²) in [7, 11) is 0. The molecule has 0 heterocycles. The Labute approximate surface area is 101 Å². The van der Waals surface area contributed by atoms with Crippen LogP contribution in [0.1, 0.15) is 0 Å². The maximum absolute atomic E-state index is 2.12. The number of rotatable bonds is 0. The van der Waals surface area contributed by atoms with Crippen LogP contribution >= 0.6 is 0 Å². The van der Waals surface area contributed by atoms with E-state index in [1.54, 1.807) is 0 Å². The van der Waals surface area contributed by atoms with Crippen molar-refractivity contribution in [2.45, 2.75) is 0 Å². The molecule has 0 nitrogen and oxygen atoms in total. The van der Waals surface area contributed by atoms with Crippen LogP contribution in [0.3, 0.4) is 0 Å². The molecule has 0 saturated heterocycles. The minimum atomic E-state index is 0. The Morgan fingerprint density at radius 2 is 0.833 bits per heavy atom. The Kier molecular flexibility index (Phi) is 5.60. The Bertz CT molecular complexity index is 281. The second kappa shape index (κ2) is 5.60. The van der Waals surface area contributed by atoms with Gasteiger partial charge < -0.3 is 12.4 Å². The monoisotopic (exact) mass is 186 g/mol. The summed E-state index contributed by atoms with van der Waals surface area (Å²) in [6.45, 7) is 0. The van der Waals surface area contributed by atoms with Gasteiger partial charge in [0.25, 0.3) is 0 Å². The molecule has 2 heteroatoms. The van der Waals surface area contributed by atoms with E-state index in [2.05, 4.69) is 48.5 Å². The zero-order valence-electron chi connectivity index (χ0n) is 7.00. The van der Waals surface area contributed by atoms with E-state index in [0.717, 1.165) is 0 Å². The molecule has 0 N–H and O–H groups in total. The third kappa shape index (κ3) is 2.49. The van der Waals surface area contributed by atoms with Crippen molar-refractivity contribution in [3.8, 4) is 0 Å². The fourth-order valence-corrected chi connectivity index (χ4v) is 1.13. The van der Waals surface area contributed by atoms with E-state index in [9.17, 15) is 0 Å². The smallest absolute Gasteiger partial charge is 1.00 e. The predicted octanol–water partition coefficient (Wildman–Crippen LogP) is -3.15. The Morgan fingerprint density at radius 1 is 0.583 bits per heavy atom. The molecule has 0 saturated carbocycles. The van der Waals surface area contributed by atoms with Crippen LogP contribution in [0.5, 0.6) is 0 Å². The second-order valence-corrected chi connectivity index (χ2v) is 2.35. The third-order valence-electron chi connectivity index (χ3n) is 1.66. The molecule has 0 fully saturated rings. The van der Waals surface area contributed by atoms with Gasteiger partial charge in [0.1, 0.15) is 0 Å². The molecule has 0 bridgehead atoms. The Morgan fingerprint density at radius 3 is 1.08 bits per heavy atom. The fraction of sp³-hybridized carbons (Fsp3) is 0. The van der Waals surface area contributed by atoms with Gasteiger partial charge in [-0.1, -0.05) is 48.5 Å². The molecule has 2 rings (SSSR count). The van der Waals surface area contributed by atoms with Crippen LogP contribution < -0.4 is 42.0 Å². The molecule has 0 aliphatic heterocycles. The number of fused-ring (bicyclic) bond motifs is 1. The molecule has 0 aliphatic rings. The van der Waals surface area contributed by atoms with Gasteiger partial charge in [-0.15, -0.1) is 0 Å². The average Bonchev–Trinajstić information content (AvgIpc) is 2.05. The van der Waals surface area contributed by atoms with E-state index < -0.39 is 0 Å². The molecule has 0 radical (unpaired) electrons. The van der Waals surface area contributed by atoms with E-state index in [-0.39, 0.29) is 42.0 Å². The summed E-state index contributed by atoms with van der Waals surface area (Å²) in [5, 5.41) is 2.62. The van der Waals surface area contributed by atoms with Crippen molar-refractivity contribution >= 4 is 10.8 Å². The molecule has 2 aromatic carbocycles. The minimum Gasteiger partial charge on any atom is -1.00 e. The zero-order chi connectivity index (χ0) is 6.81. The SMILES string of the molecule is [Cl-].[Na+].c1ccc2ccccc2c1. The first-order chi connectivity index (χ1) is 4.97. The zero-order valence-corrected chi connectivity index (χ0v) is 9.75. The maximum Gasteiger partial charge on any atom is 1.00 e. The summed E-state index contributed by atoms with van der Waals surface area (Å²) in [5.74, 6) is 0. The molecule has 0 amide bonds. The maximum atomic E-state index is 2.12. The van der Waals surface area contributed by atoms with Gasteiger partial charge >= 0.3 is 29.6 Å². The van der Waals surface area contributed by atoms with E-state index in [1.807, 2.05) is 0 Å². The number of benzene rings is 2. The first kappa shape index (κ1) is 12.0. The van der Waals surface area contributed by atoms with Gasteiger partial charge in [0.2, 0.25) is 0 Å². The first-order valence-corrected chi connectivity index (χ1v) is 3.40. The average molecular weight is 187 g/mol. The Hall–Kier alpha value is -0.01000. The number of halogens is 1. The molecule has 0 spiro atoms. The van der Waals surface area contributed by atoms with Crippen molar-refractivity contribution in [2.24, 2.45) is 0 Å². The van der Waals surface area contributed by atoms with E-state index in [4.69, 9.17) is 0 Å². The summed E-state index contributed by atoms with van der Waals surface area (Å²) < 4.78 is 0. The summed E-state index contributed by atoms with van der Waals surface area (Å²) in [6.07, 6.45) is 0. The topological polar surface area (TPSA) is 0 Å². The molecule has 0 atom stereocenters. The van der Waals surface area contributed by atoms with Crippen LogP contribution in [0.15, 0.2) is 48.5 Å². The summed E-state index contributed by atoms with van der Waals surface area (Å²) in [6, 6.07) is 16.7. The van der Waals surface area contributed by atoms with Crippen molar-refractivity contribution in [1.82, 2.24) is 0 Å².